The van der Waals surface area contributed by atoms with Crippen LogP contribution in [0.15, 0.2) is 24.3 Å². The van der Waals surface area contributed by atoms with Crippen molar-refractivity contribution in [2.75, 3.05) is 0 Å². The zero-order chi connectivity index (χ0) is 13.9. The molecular formula is C17H34. The molecule has 102 valence electrons. The Labute approximate surface area is 110 Å². The Morgan fingerprint density at radius 3 is 2.06 bits per heavy atom. The van der Waals surface area contributed by atoms with Crippen molar-refractivity contribution in [3.8, 4) is 0 Å². The summed E-state index contributed by atoms with van der Waals surface area (Å²) in [6, 6.07) is 0. The third-order valence-electron chi connectivity index (χ3n) is 3.45. The minimum absolute atomic E-state index is 0.280. The Hall–Kier alpha value is -0.520. The highest BCUT2D eigenvalue weighted by atomic mass is 14.3. The van der Waals surface area contributed by atoms with Gasteiger partial charge in [0.2, 0.25) is 0 Å². The van der Waals surface area contributed by atoms with Crippen LogP contribution < -0.4 is 0 Å². The van der Waals surface area contributed by atoms with Gasteiger partial charge in [-0.1, -0.05) is 65.7 Å². The Balaban J connectivity index is 0. The molecule has 0 aromatic heterocycles. The number of allylic oxidation sites excluding steroid dienone is 3. The van der Waals surface area contributed by atoms with Crippen LogP contribution in [0, 0.1) is 11.3 Å². The standard InChI is InChI=1S/C13H22.2C2H6/c1-5-11-9-7-8-10-12(11)13(3,4)6-2;2*1-2/h5-6,12H,2,7-10H2,1,3-4H3;2*1-2H3/b11-5+;;. The van der Waals surface area contributed by atoms with E-state index in [1.807, 2.05) is 27.7 Å². The largest absolute Gasteiger partial charge is 0.103 e. The number of rotatable bonds is 2. The lowest BCUT2D eigenvalue weighted by Crippen LogP contribution is -2.25. The molecule has 0 nitrogen and oxygen atoms in total. The summed E-state index contributed by atoms with van der Waals surface area (Å²) >= 11 is 0. The molecule has 1 atom stereocenters. The molecule has 1 aliphatic rings. The lowest BCUT2D eigenvalue weighted by atomic mass is 9.68. The van der Waals surface area contributed by atoms with E-state index in [4.69, 9.17) is 0 Å². The highest BCUT2D eigenvalue weighted by Crippen LogP contribution is 2.42. The van der Waals surface area contributed by atoms with Gasteiger partial charge in [-0.25, -0.2) is 0 Å². The minimum Gasteiger partial charge on any atom is -0.103 e. The van der Waals surface area contributed by atoms with Gasteiger partial charge in [0.1, 0.15) is 0 Å². The van der Waals surface area contributed by atoms with Gasteiger partial charge in [-0.2, -0.15) is 0 Å². The van der Waals surface area contributed by atoms with Crippen molar-refractivity contribution in [2.45, 2.75) is 74.1 Å². The molecule has 1 rings (SSSR count). The smallest absolute Gasteiger partial charge is 0.0112 e. The van der Waals surface area contributed by atoms with Crippen molar-refractivity contribution in [1.29, 1.82) is 0 Å². The van der Waals surface area contributed by atoms with Crippen molar-refractivity contribution >= 4 is 0 Å². The van der Waals surface area contributed by atoms with Gasteiger partial charge < -0.3 is 0 Å². The fraction of sp³-hybridized carbons (Fsp3) is 0.765. The Kier molecular flexibility index (Phi) is 11.8. The molecule has 1 saturated carbocycles. The molecule has 0 heterocycles. The molecule has 0 bridgehead atoms. The van der Waals surface area contributed by atoms with Gasteiger partial charge in [-0.15, -0.1) is 6.58 Å². The van der Waals surface area contributed by atoms with Crippen molar-refractivity contribution in [1.82, 2.24) is 0 Å². The number of hydrogen-bond donors (Lipinski definition) is 0. The first-order valence-electron chi connectivity index (χ1n) is 7.40. The predicted molar refractivity (Wildman–Crippen MR) is 82.4 cm³/mol. The molecule has 17 heavy (non-hydrogen) atoms. The van der Waals surface area contributed by atoms with Crippen LogP contribution in [0.4, 0.5) is 0 Å². The van der Waals surface area contributed by atoms with Gasteiger partial charge in [-0.3, -0.25) is 0 Å². The van der Waals surface area contributed by atoms with E-state index in [1.165, 1.54) is 25.7 Å². The van der Waals surface area contributed by atoms with Gasteiger partial charge in [0, 0.05) is 0 Å². The van der Waals surface area contributed by atoms with E-state index in [2.05, 4.69) is 39.5 Å². The lowest BCUT2D eigenvalue weighted by Gasteiger charge is -2.36. The summed E-state index contributed by atoms with van der Waals surface area (Å²) in [5, 5.41) is 0. The summed E-state index contributed by atoms with van der Waals surface area (Å²) in [7, 11) is 0. The number of hydrogen-bond acceptors (Lipinski definition) is 0. The monoisotopic (exact) mass is 238 g/mol. The van der Waals surface area contributed by atoms with Crippen LogP contribution in [0.5, 0.6) is 0 Å². The van der Waals surface area contributed by atoms with E-state index in [1.54, 1.807) is 5.57 Å². The van der Waals surface area contributed by atoms with Gasteiger partial charge in [-0.05, 0) is 37.5 Å². The lowest BCUT2D eigenvalue weighted by molar-refractivity contribution is 0.273. The maximum Gasteiger partial charge on any atom is -0.0112 e. The molecule has 0 N–H and O–H groups in total. The van der Waals surface area contributed by atoms with Crippen LogP contribution in [0.1, 0.15) is 74.1 Å². The molecule has 1 fully saturated rings. The fourth-order valence-corrected chi connectivity index (χ4v) is 2.37. The van der Waals surface area contributed by atoms with E-state index in [0.717, 1.165) is 5.92 Å². The van der Waals surface area contributed by atoms with Gasteiger partial charge in [0.15, 0.2) is 0 Å². The third kappa shape index (κ3) is 6.10. The van der Waals surface area contributed by atoms with Crippen LogP contribution in [-0.2, 0) is 0 Å². The van der Waals surface area contributed by atoms with Crippen molar-refractivity contribution in [2.24, 2.45) is 11.3 Å². The molecule has 0 amide bonds. The molecule has 0 heteroatoms. The van der Waals surface area contributed by atoms with Crippen LogP contribution in [0.2, 0.25) is 0 Å². The summed E-state index contributed by atoms with van der Waals surface area (Å²) in [6.07, 6.45) is 9.85. The molecule has 0 aromatic rings. The second kappa shape index (κ2) is 10.6. The normalized spacial score (nSPS) is 21.8. The highest BCUT2D eigenvalue weighted by molar-refractivity contribution is 5.14. The average molecular weight is 238 g/mol. The quantitative estimate of drug-likeness (QED) is 0.489. The molecule has 0 radical (unpaired) electrons. The maximum absolute atomic E-state index is 3.95. The summed E-state index contributed by atoms with van der Waals surface area (Å²) in [5.74, 6) is 0.740. The molecule has 0 aromatic carbocycles. The van der Waals surface area contributed by atoms with Crippen LogP contribution >= 0.6 is 0 Å². The fourth-order valence-electron chi connectivity index (χ4n) is 2.37. The Morgan fingerprint density at radius 1 is 1.12 bits per heavy atom. The molecule has 1 unspecified atom stereocenters. The molecule has 1 aliphatic carbocycles. The summed E-state index contributed by atoms with van der Waals surface area (Å²) in [5.41, 5.74) is 1.93. The van der Waals surface area contributed by atoms with Gasteiger partial charge >= 0.3 is 0 Å². The van der Waals surface area contributed by atoms with Crippen LogP contribution in [0.3, 0.4) is 0 Å². The van der Waals surface area contributed by atoms with Crippen LogP contribution in [0.25, 0.3) is 0 Å². The minimum atomic E-state index is 0.280. The first-order valence-corrected chi connectivity index (χ1v) is 7.40. The highest BCUT2D eigenvalue weighted by Gasteiger charge is 2.30. The van der Waals surface area contributed by atoms with E-state index in [0.29, 0.717) is 0 Å². The average Bonchev–Trinajstić information content (AvgIpc) is 2.43. The molecule has 0 spiro atoms. The van der Waals surface area contributed by atoms with E-state index in [-0.39, 0.29) is 5.41 Å². The zero-order valence-corrected chi connectivity index (χ0v) is 13.3. The van der Waals surface area contributed by atoms with Crippen molar-refractivity contribution in [3.05, 3.63) is 24.3 Å². The SMILES string of the molecule is C=CC(C)(C)C1CCCC/C1=C\C.CC.CC. The topological polar surface area (TPSA) is 0 Å². The molecule has 0 saturated heterocycles. The van der Waals surface area contributed by atoms with Crippen molar-refractivity contribution in [3.63, 3.8) is 0 Å². The molecule has 0 aliphatic heterocycles. The first-order chi connectivity index (χ1) is 8.11. The van der Waals surface area contributed by atoms with Crippen molar-refractivity contribution < 1.29 is 0 Å². The third-order valence-corrected chi connectivity index (χ3v) is 3.45. The van der Waals surface area contributed by atoms with E-state index in [9.17, 15) is 0 Å². The van der Waals surface area contributed by atoms with E-state index >= 15 is 0 Å². The summed E-state index contributed by atoms with van der Waals surface area (Å²) in [6.45, 7) is 18.7. The Morgan fingerprint density at radius 2 is 1.65 bits per heavy atom. The Bertz CT molecular complexity index is 208. The molecular weight excluding hydrogens is 204 g/mol. The summed E-state index contributed by atoms with van der Waals surface area (Å²) in [4.78, 5) is 0. The predicted octanol–water partition coefficient (Wildman–Crippen LogP) is 6.39. The van der Waals surface area contributed by atoms with Crippen LogP contribution in [-0.4, -0.2) is 0 Å². The summed E-state index contributed by atoms with van der Waals surface area (Å²) < 4.78 is 0. The second-order valence-electron chi connectivity index (χ2n) is 4.69. The van der Waals surface area contributed by atoms with Gasteiger partial charge in [0.05, 0.1) is 0 Å². The first kappa shape index (κ1) is 18.8. The zero-order valence-electron chi connectivity index (χ0n) is 13.3. The maximum atomic E-state index is 3.95. The van der Waals surface area contributed by atoms with Gasteiger partial charge in [0.25, 0.3) is 0 Å². The second-order valence-corrected chi connectivity index (χ2v) is 4.69. The van der Waals surface area contributed by atoms with E-state index < -0.39 is 0 Å².